The number of ketones is 1. The van der Waals surface area contributed by atoms with E-state index in [2.05, 4.69) is 10.3 Å². The lowest BCUT2D eigenvalue weighted by atomic mass is 9.97. The number of nitrogens with zero attached hydrogens (tertiary/aromatic N) is 1. The molecule has 7 heteroatoms. The van der Waals surface area contributed by atoms with E-state index < -0.39 is 6.04 Å². The van der Waals surface area contributed by atoms with Gasteiger partial charge < -0.3 is 21.5 Å². The zero-order valence-corrected chi connectivity index (χ0v) is 16.7. The molecular weight excluding hydrogens is 380 g/mol. The number of ether oxygens (including phenoxy) is 1. The number of aromatic nitrogens is 1. The maximum absolute atomic E-state index is 12.5. The third-order valence-electron chi connectivity index (χ3n) is 4.78. The number of hydrogen-bond acceptors (Lipinski definition) is 6. The summed E-state index contributed by atoms with van der Waals surface area (Å²) in [5, 5.41) is 2.71. The fourth-order valence-corrected chi connectivity index (χ4v) is 2.96. The van der Waals surface area contributed by atoms with Gasteiger partial charge in [0.1, 0.15) is 11.6 Å². The van der Waals surface area contributed by atoms with Crippen LogP contribution in [0.2, 0.25) is 0 Å². The summed E-state index contributed by atoms with van der Waals surface area (Å²) in [6, 6.07) is 16.9. The van der Waals surface area contributed by atoms with E-state index in [1.807, 2.05) is 24.3 Å². The van der Waals surface area contributed by atoms with Crippen molar-refractivity contribution in [1.82, 2.24) is 4.98 Å². The number of nitrogens with one attached hydrogen (secondary N) is 1. The lowest BCUT2D eigenvalue weighted by Crippen LogP contribution is -2.22. The quantitative estimate of drug-likeness (QED) is 0.530. The maximum atomic E-state index is 12.5. The molecule has 2 aromatic carbocycles. The van der Waals surface area contributed by atoms with Crippen molar-refractivity contribution in [3.63, 3.8) is 0 Å². The number of anilines is 2. The second-order valence-electron chi connectivity index (χ2n) is 6.80. The maximum Gasteiger partial charge on any atom is 0.255 e. The summed E-state index contributed by atoms with van der Waals surface area (Å²) >= 11 is 0. The highest BCUT2D eigenvalue weighted by atomic mass is 16.5. The highest BCUT2D eigenvalue weighted by molar-refractivity contribution is 6.05. The number of benzene rings is 2. The average Bonchev–Trinajstić information content (AvgIpc) is 2.79. The van der Waals surface area contributed by atoms with E-state index in [4.69, 9.17) is 16.2 Å². The van der Waals surface area contributed by atoms with Crippen molar-refractivity contribution in [3.05, 3.63) is 83.6 Å². The van der Waals surface area contributed by atoms with Crippen LogP contribution in [0, 0.1) is 0 Å². The van der Waals surface area contributed by atoms with E-state index in [9.17, 15) is 9.59 Å². The van der Waals surface area contributed by atoms with Crippen LogP contribution in [0.5, 0.6) is 5.75 Å². The van der Waals surface area contributed by atoms with Gasteiger partial charge >= 0.3 is 0 Å². The predicted octanol–water partition coefficient (Wildman–Crippen LogP) is 3.13. The Morgan fingerprint density at radius 2 is 1.77 bits per heavy atom. The number of pyridine rings is 1. The summed E-state index contributed by atoms with van der Waals surface area (Å²) in [6.07, 6.45) is 2.48. The van der Waals surface area contributed by atoms with Gasteiger partial charge in [-0.25, -0.2) is 4.98 Å². The van der Waals surface area contributed by atoms with Gasteiger partial charge in [-0.05, 0) is 53.9 Å². The van der Waals surface area contributed by atoms with Crippen LogP contribution in [-0.2, 0) is 11.2 Å². The molecule has 5 N–H and O–H groups in total. The fraction of sp³-hybridized carbons (Fsp3) is 0.174. The molecule has 1 atom stereocenters. The molecule has 0 radical (unpaired) electrons. The molecule has 0 saturated carbocycles. The monoisotopic (exact) mass is 404 g/mol. The lowest BCUT2D eigenvalue weighted by Gasteiger charge is -2.12. The number of aryl methyl sites for hydroxylation is 1. The van der Waals surface area contributed by atoms with Crippen molar-refractivity contribution >= 4 is 23.2 Å². The van der Waals surface area contributed by atoms with Gasteiger partial charge in [0, 0.05) is 18.2 Å². The Morgan fingerprint density at radius 3 is 2.40 bits per heavy atom. The number of Topliss-reactive ketones (excluding diaryl/α,β-unsaturated/α-hetero) is 1. The van der Waals surface area contributed by atoms with Crippen molar-refractivity contribution in [2.24, 2.45) is 5.73 Å². The van der Waals surface area contributed by atoms with E-state index in [0.29, 0.717) is 29.7 Å². The lowest BCUT2D eigenvalue weighted by molar-refractivity contribution is -0.120. The Kier molecular flexibility index (Phi) is 6.77. The van der Waals surface area contributed by atoms with Gasteiger partial charge in [0.15, 0.2) is 5.78 Å². The standard InChI is InChI=1S/C23H24N4O3/c1-30-18-11-4-15(5-12-18)6-13-20(28)21(24)16-7-9-17(10-8-16)23(29)27-19-3-2-14-26-22(19)25/h2-5,7-12,14,21H,6,13,24H2,1H3,(H2,25,26)(H,27,29). The van der Waals surface area contributed by atoms with Crippen molar-refractivity contribution in [2.75, 3.05) is 18.2 Å². The van der Waals surface area contributed by atoms with Crippen LogP contribution in [0.25, 0.3) is 0 Å². The van der Waals surface area contributed by atoms with E-state index in [-0.39, 0.29) is 17.5 Å². The number of nitrogen functional groups attached to an aromatic ring is 1. The van der Waals surface area contributed by atoms with Gasteiger partial charge in [0.2, 0.25) is 0 Å². The highest BCUT2D eigenvalue weighted by Crippen LogP contribution is 2.19. The molecule has 0 spiro atoms. The Labute approximate surface area is 175 Å². The number of rotatable bonds is 8. The summed E-state index contributed by atoms with van der Waals surface area (Å²) in [6.45, 7) is 0. The van der Waals surface area contributed by atoms with Gasteiger partial charge in [-0.2, -0.15) is 0 Å². The molecule has 0 aliphatic rings. The first-order valence-corrected chi connectivity index (χ1v) is 9.51. The third kappa shape index (κ3) is 5.21. The second-order valence-corrected chi connectivity index (χ2v) is 6.80. The van der Waals surface area contributed by atoms with Crippen LogP contribution in [0.15, 0.2) is 66.9 Å². The Balaban J connectivity index is 1.58. The highest BCUT2D eigenvalue weighted by Gasteiger charge is 2.17. The minimum Gasteiger partial charge on any atom is -0.497 e. The van der Waals surface area contributed by atoms with Crippen LogP contribution < -0.4 is 21.5 Å². The molecule has 3 rings (SSSR count). The summed E-state index contributed by atoms with van der Waals surface area (Å²) in [5.74, 6) is 0.635. The Bertz CT molecular complexity index is 1020. The van der Waals surface area contributed by atoms with Crippen LogP contribution >= 0.6 is 0 Å². The minimum absolute atomic E-state index is 0.0637. The number of methoxy groups -OCH3 is 1. The normalized spacial score (nSPS) is 11.5. The number of hydrogen-bond donors (Lipinski definition) is 3. The van der Waals surface area contributed by atoms with Crippen LogP contribution in [0.1, 0.15) is 33.9 Å². The summed E-state index contributed by atoms with van der Waals surface area (Å²) < 4.78 is 5.13. The van der Waals surface area contributed by atoms with Crippen LogP contribution in [0.3, 0.4) is 0 Å². The average molecular weight is 404 g/mol. The zero-order chi connectivity index (χ0) is 21.5. The minimum atomic E-state index is -0.741. The molecule has 0 fully saturated rings. The van der Waals surface area contributed by atoms with Crippen LogP contribution in [0.4, 0.5) is 11.5 Å². The Hall–Kier alpha value is -3.71. The molecule has 1 aromatic heterocycles. The molecule has 0 aliphatic heterocycles. The van der Waals surface area contributed by atoms with E-state index in [1.165, 1.54) is 0 Å². The topological polar surface area (TPSA) is 120 Å². The molecule has 7 nitrogen and oxygen atoms in total. The fourth-order valence-electron chi connectivity index (χ4n) is 2.96. The SMILES string of the molecule is COc1ccc(CCC(=O)C(N)c2ccc(C(=O)Nc3cccnc3N)cc2)cc1. The molecular formula is C23H24N4O3. The third-order valence-corrected chi connectivity index (χ3v) is 4.78. The van der Waals surface area contributed by atoms with E-state index >= 15 is 0 Å². The number of nitrogens with two attached hydrogens (primary N) is 2. The van der Waals surface area contributed by atoms with Gasteiger partial charge in [-0.15, -0.1) is 0 Å². The van der Waals surface area contributed by atoms with Crippen molar-refractivity contribution in [2.45, 2.75) is 18.9 Å². The molecule has 1 heterocycles. The van der Waals surface area contributed by atoms with Gasteiger partial charge in [0.25, 0.3) is 5.91 Å². The number of carbonyl (C=O) groups is 2. The smallest absolute Gasteiger partial charge is 0.255 e. The van der Waals surface area contributed by atoms with Crippen molar-refractivity contribution in [3.8, 4) is 5.75 Å². The molecule has 3 aromatic rings. The van der Waals surface area contributed by atoms with Gasteiger partial charge in [0.05, 0.1) is 18.8 Å². The van der Waals surface area contributed by atoms with Gasteiger partial charge in [-0.1, -0.05) is 24.3 Å². The van der Waals surface area contributed by atoms with E-state index in [1.54, 1.807) is 49.7 Å². The summed E-state index contributed by atoms with van der Waals surface area (Å²) in [4.78, 5) is 28.8. The molecule has 0 saturated heterocycles. The van der Waals surface area contributed by atoms with Crippen molar-refractivity contribution in [1.29, 1.82) is 0 Å². The summed E-state index contributed by atoms with van der Waals surface area (Å²) in [7, 11) is 1.61. The second kappa shape index (κ2) is 9.67. The largest absolute Gasteiger partial charge is 0.497 e. The molecule has 0 bridgehead atoms. The predicted molar refractivity (Wildman–Crippen MR) is 116 cm³/mol. The van der Waals surface area contributed by atoms with Crippen LogP contribution in [-0.4, -0.2) is 23.8 Å². The molecule has 1 unspecified atom stereocenters. The number of carbonyl (C=O) groups excluding carboxylic acids is 2. The number of amides is 1. The molecule has 154 valence electrons. The first-order valence-electron chi connectivity index (χ1n) is 9.51. The molecule has 30 heavy (non-hydrogen) atoms. The zero-order valence-electron chi connectivity index (χ0n) is 16.7. The van der Waals surface area contributed by atoms with Crippen molar-refractivity contribution < 1.29 is 14.3 Å². The first-order chi connectivity index (χ1) is 14.5. The van der Waals surface area contributed by atoms with Gasteiger partial charge in [-0.3, -0.25) is 9.59 Å². The molecule has 0 aliphatic carbocycles. The summed E-state index contributed by atoms with van der Waals surface area (Å²) in [5.41, 5.74) is 14.4. The Morgan fingerprint density at radius 1 is 1.07 bits per heavy atom. The first kappa shape index (κ1) is 21.0. The molecule has 1 amide bonds. The van der Waals surface area contributed by atoms with E-state index in [0.717, 1.165) is 11.3 Å².